The van der Waals surface area contributed by atoms with Gasteiger partial charge in [-0.1, -0.05) is 36.4 Å². The Labute approximate surface area is 206 Å². The molecule has 0 unspecified atom stereocenters. The molecule has 1 aliphatic rings. The first-order valence-corrected chi connectivity index (χ1v) is 11.9. The second kappa shape index (κ2) is 12.6. The number of aryl methyl sites for hydroxylation is 1. The molecule has 1 aliphatic heterocycles. The predicted molar refractivity (Wildman–Crippen MR) is 137 cm³/mol. The second-order valence-corrected chi connectivity index (χ2v) is 8.35. The number of morpholine rings is 1. The third-order valence-corrected chi connectivity index (χ3v) is 5.72. The Morgan fingerprint density at radius 1 is 0.886 bits per heavy atom. The van der Waals surface area contributed by atoms with Crippen molar-refractivity contribution >= 4 is 23.2 Å². The monoisotopic (exact) mass is 473 g/mol. The molecular weight excluding hydrogens is 442 g/mol. The SMILES string of the molecule is O=C(CNc1ccc(OCCCc2ccccc2)cc1)Nc1cccc(C(=O)N2CCOCC2)c1. The van der Waals surface area contributed by atoms with Crippen molar-refractivity contribution in [1.82, 2.24) is 4.90 Å². The van der Waals surface area contributed by atoms with Gasteiger partial charge in [-0.3, -0.25) is 9.59 Å². The minimum atomic E-state index is -0.192. The fourth-order valence-electron chi connectivity index (χ4n) is 3.85. The van der Waals surface area contributed by atoms with Gasteiger partial charge in [0.25, 0.3) is 5.91 Å². The van der Waals surface area contributed by atoms with Crippen LogP contribution in [0.25, 0.3) is 0 Å². The summed E-state index contributed by atoms with van der Waals surface area (Å²) in [6.45, 7) is 3.02. The molecule has 1 fully saturated rings. The summed E-state index contributed by atoms with van der Waals surface area (Å²) in [6, 6.07) is 24.9. The molecule has 1 heterocycles. The number of hydrogen-bond donors (Lipinski definition) is 2. The third-order valence-electron chi connectivity index (χ3n) is 5.72. The molecule has 182 valence electrons. The standard InChI is InChI=1S/C28H31N3O4/c32-27(30-25-10-4-9-23(20-25)28(33)31-15-18-34-19-16-31)21-29-24-11-13-26(14-12-24)35-17-5-8-22-6-2-1-3-7-22/h1-4,6-7,9-14,20,29H,5,8,15-19,21H2,(H,30,32). The minimum Gasteiger partial charge on any atom is -0.494 e. The van der Waals surface area contributed by atoms with E-state index in [9.17, 15) is 9.59 Å². The summed E-state index contributed by atoms with van der Waals surface area (Å²) in [7, 11) is 0. The van der Waals surface area contributed by atoms with Crippen LogP contribution in [0.1, 0.15) is 22.3 Å². The molecule has 1 saturated heterocycles. The van der Waals surface area contributed by atoms with Gasteiger partial charge in [-0.15, -0.1) is 0 Å². The van der Waals surface area contributed by atoms with Crippen molar-refractivity contribution in [2.24, 2.45) is 0 Å². The van der Waals surface area contributed by atoms with Crippen molar-refractivity contribution in [2.45, 2.75) is 12.8 Å². The maximum atomic E-state index is 12.7. The molecule has 2 amide bonds. The molecule has 0 saturated carbocycles. The molecule has 4 rings (SSSR count). The summed E-state index contributed by atoms with van der Waals surface area (Å²) >= 11 is 0. The molecule has 7 nitrogen and oxygen atoms in total. The highest BCUT2D eigenvalue weighted by Crippen LogP contribution is 2.17. The molecule has 3 aromatic carbocycles. The van der Waals surface area contributed by atoms with Crippen molar-refractivity contribution in [3.8, 4) is 5.75 Å². The zero-order chi connectivity index (χ0) is 24.3. The number of carbonyl (C=O) groups is 2. The van der Waals surface area contributed by atoms with Crippen LogP contribution in [-0.4, -0.2) is 56.2 Å². The van der Waals surface area contributed by atoms with Gasteiger partial charge in [0.15, 0.2) is 0 Å². The van der Waals surface area contributed by atoms with E-state index in [1.54, 1.807) is 29.2 Å². The Bertz CT molecular complexity index is 1100. The lowest BCUT2D eigenvalue weighted by Gasteiger charge is -2.27. The first kappa shape index (κ1) is 24.3. The number of nitrogens with zero attached hydrogens (tertiary/aromatic N) is 1. The first-order chi connectivity index (χ1) is 17.2. The highest BCUT2D eigenvalue weighted by atomic mass is 16.5. The molecule has 0 atom stereocenters. The van der Waals surface area contributed by atoms with Gasteiger partial charge in [0.05, 0.1) is 26.4 Å². The molecule has 0 bridgehead atoms. The minimum absolute atomic E-state index is 0.0510. The predicted octanol–water partition coefficient (Wildman–Crippen LogP) is 4.22. The van der Waals surface area contributed by atoms with Crippen LogP contribution in [0.3, 0.4) is 0 Å². The Kier molecular flexibility index (Phi) is 8.73. The number of carbonyl (C=O) groups excluding carboxylic acids is 2. The van der Waals surface area contributed by atoms with Gasteiger partial charge in [0.1, 0.15) is 5.75 Å². The van der Waals surface area contributed by atoms with E-state index in [4.69, 9.17) is 9.47 Å². The smallest absolute Gasteiger partial charge is 0.254 e. The van der Waals surface area contributed by atoms with Gasteiger partial charge in [-0.2, -0.15) is 0 Å². The van der Waals surface area contributed by atoms with E-state index in [0.717, 1.165) is 24.3 Å². The number of ether oxygens (including phenoxy) is 2. The lowest BCUT2D eigenvalue weighted by atomic mass is 10.1. The van der Waals surface area contributed by atoms with Crippen LogP contribution in [0.4, 0.5) is 11.4 Å². The average Bonchev–Trinajstić information content (AvgIpc) is 2.91. The summed E-state index contributed by atoms with van der Waals surface area (Å²) in [5, 5.41) is 5.96. The van der Waals surface area contributed by atoms with Crippen LogP contribution < -0.4 is 15.4 Å². The molecule has 3 aromatic rings. The van der Waals surface area contributed by atoms with E-state index in [2.05, 4.69) is 22.8 Å². The van der Waals surface area contributed by atoms with Crippen LogP contribution in [0.2, 0.25) is 0 Å². The Balaban J connectivity index is 1.19. The zero-order valence-electron chi connectivity index (χ0n) is 19.7. The van der Waals surface area contributed by atoms with Crippen LogP contribution in [0.5, 0.6) is 5.75 Å². The van der Waals surface area contributed by atoms with E-state index < -0.39 is 0 Å². The van der Waals surface area contributed by atoms with Crippen molar-refractivity contribution in [1.29, 1.82) is 0 Å². The first-order valence-electron chi connectivity index (χ1n) is 11.9. The second-order valence-electron chi connectivity index (χ2n) is 8.35. The molecule has 0 aliphatic carbocycles. The number of amides is 2. The van der Waals surface area contributed by atoms with Crippen LogP contribution in [-0.2, 0) is 16.0 Å². The lowest BCUT2D eigenvalue weighted by Crippen LogP contribution is -2.40. The van der Waals surface area contributed by atoms with Gasteiger partial charge in [0, 0.05) is 30.0 Å². The zero-order valence-corrected chi connectivity index (χ0v) is 19.7. The maximum Gasteiger partial charge on any atom is 0.254 e. The lowest BCUT2D eigenvalue weighted by molar-refractivity contribution is -0.114. The highest BCUT2D eigenvalue weighted by Gasteiger charge is 2.18. The molecule has 0 spiro atoms. The van der Waals surface area contributed by atoms with E-state index >= 15 is 0 Å². The van der Waals surface area contributed by atoms with Crippen molar-refractivity contribution in [3.63, 3.8) is 0 Å². The summed E-state index contributed by atoms with van der Waals surface area (Å²) in [5.41, 5.74) is 3.28. The number of anilines is 2. The summed E-state index contributed by atoms with van der Waals surface area (Å²) in [5.74, 6) is 0.557. The normalized spacial score (nSPS) is 13.2. The molecule has 0 aromatic heterocycles. The number of rotatable bonds is 10. The maximum absolute atomic E-state index is 12.7. The van der Waals surface area contributed by atoms with Crippen molar-refractivity contribution in [3.05, 3.63) is 90.0 Å². The molecule has 35 heavy (non-hydrogen) atoms. The van der Waals surface area contributed by atoms with Gasteiger partial charge in [0.2, 0.25) is 5.91 Å². The molecular formula is C28H31N3O4. The molecule has 7 heteroatoms. The van der Waals surface area contributed by atoms with Gasteiger partial charge >= 0.3 is 0 Å². The van der Waals surface area contributed by atoms with Crippen molar-refractivity contribution in [2.75, 3.05) is 50.1 Å². The Morgan fingerprint density at radius 2 is 1.66 bits per heavy atom. The molecule has 2 N–H and O–H groups in total. The van der Waals surface area contributed by atoms with Gasteiger partial charge in [-0.25, -0.2) is 0 Å². The quantitative estimate of drug-likeness (QED) is 0.431. The van der Waals surface area contributed by atoms with Crippen LogP contribution >= 0.6 is 0 Å². The van der Waals surface area contributed by atoms with Gasteiger partial charge < -0.3 is 25.0 Å². The van der Waals surface area contributed by atoms with Crippen molar-refractivity contribution < 1.29 is 19.1 Å². The highest BCUT2D eigenvalue weighted by molar-refractivity contribution is 5.98. The van der Waals surface area contributed by atoms with E-state index in [0.29, 0.717) is 44.2 Å². The van der Waals surface area contributed by atoms with Crippen LogP contribution in [0.15, 0.2) is 78.9 Å². The Morgan fingerprint density at radius 3 is 2.43 bits per heavy atom. The summed E-state index contributed by atoms with van der Waals surface area (Å²) in [4.78, 5) is 26.8. The summed E-state index contributed by atoms with van der Waals surface area (Å²) in [6.07, 6.45) is 1.93. The molecule has 0 radical (unpaired) electrons. The summed E-state index contributed by atoms with van der Waals surface area (Å²) < 4.78 is 11.1. The Hall–Kier alpha value is -3.84. The fraction of sp³-hybridized carbons (Fsp3) is 0.286. The largest absolute Gasteiger partial charge is 0.494 e. The topological polar surface area (TPSA) is 79.9 Å². The third kappa shape index (κ3) is 7.58. The average molecular weight is 474 g/mol. The number of nitrogens with one attached hydrogen (secondary N) is 2. The van der Waals surface area contributed by atoms with Crippen LogP contribution in [0, 0.1) is 0 Å². The number of hydrogen-bond acceptors (Lipinski definition) is 5. The number of benzene rings is 3. The van der Waals surface area contributed by atoms with E-state index in [-0.39, 0.29) is 18.4 Å². The van der Waals surface area contributed by atoms with E-state index in [1.807, 2.05) is 42.5 Å². The fourth-order valence-corrected chi connectivity index (χ4v) is 3.85. The van der Waals surface area contributed by atoms with Gasteiger partial charge in [-0.05, 0) is 60.9 Å². The van der Waals surface area contributed by atoms with E-state index in [1.165, 1.54) is 5.56 Å².